The van der Waals surface area contributed by atoms with Gasteiger partial charge in [-0.2, -0.15) is 0 Å². The predicted molar refractivity (Wildman–Crippen MR) is 108 cm³/mol. The van der Waals surface area contributed by atoms with Gasteiger partial charge in [0.25, 0.3) is 0 Å². The molecular formula is C21H17BrClNO. The SMILES string of the molecule is Cc1ccccc1N=Cc1ccc(OCc2ccccc2Cl)c(Br)c1. The minimum Gasteiger partial charge on any atom is -0.488 e. The van der Waals surface area contributed by atoms with Crippen molar-refractivity contribution in [2.75, 3.05) is 0 Å². The highest BCUT2D eigenvalue weighted by Gasteiger charge is 2.05. The third kappa shape index (κ3) is 4.71. The Bertz CT molecular complexity index is 908. The Balaban J connectivity index is 1.71. The summed E-state index contributed by atoms with van der Waals surface area (Å²) in [6, 6.07) is 21.6. The molecule has 3 aromatic rings. The third-order valence-electron chi connectivity index (χ3n) is 3.77. The highest BCUT2D eigenvalue weighted by molar-refractivity contribution is 9.10. The van der Waals surface area contributed by atoms with Gasteiger partial charge in [-0.1, -0.05) is 48.0 Å². The van der Waals surface area contributed by atoms with E-state index in [1.165, 1.54) is 0 Å². The minimum atomic E-state index is 0.426. The fourth-order valence-corrected chi connectivity index (χ4v) is 3.04. The van der Waals surface area contributed by atoms with Gasteiger partial charge >= 0.3 is 0 Å². The number of benzene rings is 3. The van der Waals surface area contributed by atoms with Crippen LogP contribution in [-0.4, -0.2) is 6.21 Å². The Morgan fingerprint density at radius 3 is 2.56 bits per heavy atom. The van der Waals surface area contributed by atoms with Crippen molar-refractivity contribution in [2.24, 2.45) is 4.99 Å². The molecule has 0 aliphatic rings. The van der Waals surface area contributed by atoms with Gasteiger partial charge in [-0.05, 0) is 64.3 Å². The molecule has 0 aliphatic carbocycles. The summed E-state index contributed by atoms with van der Waals surface area (Å²) in [5, 5.41) is 0.709. The van der Waals surface area contributed by atoms with E-state index in [0.29, 0.717) is 11.6 Å². The zero-order valence-electron chi connectivity index (χ0n) is 13.7. The topological polar surface area (TPSA) is 21.6 Å². The van der Waals surface area contributed by atoms with Crippen molar-refractivity contribution in [3.63, 3.8) is 0 Å². The fraction of sp³-hybridized carbons (Fsp3) is 0.0952. The summed E-state index contributed by atoms with van der Waals surface area (Å²) in [5.74, 6) is 0.771. The summed E-state index contributed by atoms with van der Waals surface area (Å²) in [6.07, 6.45) is 1.85. The standard InChI is InChI=1S/C21H17BrClNO/c1-15-6-2-5-9-20(15)24-13-16-10-11-21(18(22)12-16)25-14-17-7-3-4-8-19(17)23/h2-13H,14H2,1H3. The lowest BCUT2D eigenvalue weighted by molar-refractivity contribution is 0.304. The fourth-order valence-electron chi connectivity index (χ4n) is 2.34. The van der Waals surface area contributed by atoms with E-state index in [1.54, 1.807) is 0 Å². The average molecular weight is 415 g/mol. The third-order valence-corrected chi connectivity index (χ3v) is 4.75. The Morgan fingerprint density at radius 1 is 1.04 bits per heavy atom. The van der Waals surface area contributed by atoms with Crippen molar-refractivity contribution >= 4 is 39.4 Å². The van der Waals surface area contributed by atoms with E-state index >= 15 is 0 Å². The van der Waals surface area contributed by atoms with Crippen LogP contribution in [0.3, 0.4) is 0 Å². The maximum atomic E-state index is 6.16. The molecule has 25 heavy (non-hydrogen) atoms. The number of aliphatic imine (C=N–C) groups is 1. The first-order valence-corrected chi connectivity index (χ1v) is 9.06. The van der Waals surface area contributed by atoms with E-state index in [9.17, 15) is 0 Å². The van der Waals surface area contributed by atoms with Gasteiger partial charge in [0.05, 0.1) is 10.2 Å². The molecule has 0 atom stereocenters. The number of ether oxygens (including phenoxy) is 1. The van der Waals surface area contributed by atoms with Crippen LogP contribution in [-0.2, 0) is 6.61 Å². The van der Waals surface area contributed by atoms with Gasteiger partial charge in [-0.25, -0.2) is 0 Å². The molecular weight excluding hydrogens is 398 g/mol. The van der Waals surface area contributed by atoms with E-state index in [-0.39, 0.29) is 0 Å². The number of hydrogen-bond acceptors (Lipinski definition) is 2. The summed E-state index contributed by atoms with van der Waals surface area (Å²) >= 11 is 9.72. The van der Waals surface area contributed by atoms with Gasteiger partial charge in [0.15, 0.2) is 0 Å². The number of rotatable bonds is 5. The minimum absolute atomic E-state index is 0.426. The van der Waals surface area contributed by atoms with Crippen molar-refractivity contribution in [3.05, 3.63) is 92.9 Å². The second-order valence-corrected chi connectivity index (χ2v) is 6.88. The zero-order valence-corrected chi connectivity index (χ0v) is 16.1. The molecule has 0 saturated carbocycles. The van der Waals surface area contributed by atoms with Crippen LogP contribution in [0.15, 0.2) is 76.2 Å². The van der Waals surface area contributed by atoms with Gasteiger partial charge in [0.2, 0.25) is 0 Å². The Morgan fingerprint density at radius 2 is 1.80 bits per heavy atom. The highest BCUT2D eigenvalue weighted by atomic mass is 79.9. The quantitative estimate of drug-likeness (QED) is 0.424. The van der Waals surface area contributed by atoms with Gasteiger partial charge in [-0.3, -0.25) is 4.99 Å². The molecule has 0 spiro atoms. The van der Waals surface area contributed by atoms with Crippen LogP contribution in [0.5, 0.6) is 5.75 Å². The number of halogens is 2. The van der Waals surface area contributed by atoms with Gasteiger partial charge in [0, 0.05) is 16.8 Å². The summed E-state index contributed by atoms with van der Waals surface area (Å²) in [4.78, 5) is 4.55. The molecule has 0 unspecified atom stereocenters. The predicted octanol–water partition coefficient (Wildman–Crippen LogP) is 6.74. The summed E-state index contributed by atoms with van der Waals surface area (Å²) in [5.41, 5.74) is 4.08. The Kier molecular flexibility index (Phi) is 5.90. The molecule has 0 bridgehead atoms. The molecule has 0 fully saturated rings. The van der Waals surface area contributed by atoms with Gasteiger partial charge < -0.3 is 4.74 Å². The van der Waals surface area contributed by atoms with Crippen molar-refractivity contribution in [1.29, 1.82) is 0 Å². The molecule has 0 N–H and O–H groups in total. The maximum absolute atomic E-state index is 6.16. The van der Waals surface area contributed by atoms with Gasteiger partial charge in [-0.15, -0.1) is 0 Å². The first kappa shape index (κ1) is 17.7. The molecule has 4 heteroatoms. The lowest BCUT2D eigenvalue weighted by Crippen LogP contribution is -1.97. The smallest absolute Gasteiger partial charge is 0.134 e. The van der Waals surface area contributed by atoms with Crippen LogP contribution in [0.1, 0.15) is 16.7 Å². The molecule has 0 radical (unpaired) electrons. The molecule has 2 nitrogen and oxygen atoms in total. The number of nitrogens with zero attached hydrogens (tertiary/aromatic N) is 1. The number of hydrogen-bond donors (Lipinski definition) is 0. The summed E-state index contributed by atoms with van der Waals surface area (Å²) in [7, 11) is 0. The molecule has 0 amide bonds. The molecule has 0 saturated heterocycles. The summed E-state index contributed by atoms with van der Waals surface area (Å²) < 4.78 is 6.75. The van der Waals surface area contributed by atoms with Crippen molar-refractivity contribution in [3.8, 4) is 5.75 Å². The lowest BCUT2D eigenvalue weighted by Gasteiger charge is -2.10. The van der Waals surface area contributed by atoms with E-state index in [0.717, 1.165) is 32.6 Å². The highest BCUT2D eigenvalue weighted by Crippen LogP contribution is 2.27. The summed E-state index contributed by atoms with van der Waals surface area (Å²) in [6.45, 7) is 2.48. The average Bonchev–Trinajstić information content (AvgIpc) is 2.61. The Hall–Kier alpha value is -2.10. The van der Waals surface area contributed by atoms with Crippen LogP contribution in [0.2, 0.25) is 5.02 Å². The van der Waals surface area contributed by atoms with E-state index in [4.69, 9.17) is 16.3 Å². The van der Waals surface area contributed by atoms with E-state index in [2.05, 4.69) is 20.9 Å². The van der Waals surface area contributed by atoms with Gasteiger partial charge in [0.1, 0.15) is 12.4 Å². The Labute approximate surface area is 161 Å². The van der Waals surface area contributed by atoms with Crippen LogP contribution in [0.25, 0.3) is 0 Å². The first-order chi connectivity index (χ1) is 12.1. The van der Waals surface area contributed by atoms with Crippen molar-refractivity contribution in [1.82, 2.24) is 0 Å². The molecule has 126 valence electrons. The molecule has 3 rings (SSSR count). The second-order valence-electron chi connectivity index (χ2n) is 5.61. The van der Waals surface area contributed by atoms with E-state index in [1.807, 2.05) is 79.9 Å². The van der Waals surface area contributed by atoms with Crippen LogP contribution >= 0.6 is 27.5 Å². The molecule has 0 aliphatic heterocycles. The van der Waals surface area contributed by atoms with Crippen molar-refractivity contribution < 1.29 is 4.74 Å². The molecule has 0 aromatic heterocycles. The zero-order chi connectivity index (χ0) is 17.6. The number of para-hydroxylation sites is 1. The van der Waals surface area contributed by atoms with E-state index < -0.39 is 0 Å². The molecule has 3 aromatic carbocycles. The first-order valence-electron chi connectivity index (χ1n) is 7.89. The molecule has 0 heterocycles. The second kappa shape index (κ2) is 8.32. The van der Waals surface area contributed by atoms with Crippen LogP contribution < -0.4 is 4.74 Å². The van der Waals surface area contributed by atoms with Crippen LogP contribution in [0.4, 0.5) is 5.69 Å². The largest absolute Gasteiger partial charge is 0.488 e. The lowest BCUT2D eigenvalue weighted by atomic mass is 10.2. The normalized spacial score (nSPS) is 11.0. The van der Waals surface area contributed by atoms with Crippen LogP contribution in [0, 0.1) is 6.92 Å². The monoisotopic (exact) mass is 413 g/mol. The van der Waals surface area contributed by atoms with Crippen molar-refractivity contribution in [2.45, 2.75) is 13.5 Å². The maximum Gasteiger partial charge on any atom is 0.134 e. The number of aryl methyl sites for hydroxylation is 1.